The van der Waals surface area contributed by atoms with E-state index in [2.05, 4.69) is 6.58 Å². The van der Waals surface area contributed by atoms with Crippen LogP contribution >= 0.6 is 0 Å². The summed E-state index contributed by atoms with van der Waals surface area (Å²) in [6.45, 7) is 11.9. The molecule has 0 radical (unpaired) electrons. The second kappa shape index (κ2) is 8.59. The van der Waals surface area contributed by atoms with Crippen LogP contribution in [0.1, 0.15) is 54.4 Å². The molecule has 11 nitrogen and oxygen atoms in total. The van der Waals surface area contributed by atoms with E-state index in [0.29, 0.717) is 0 Å². The van der Waals surface area contributed by atoms with E-state index in [4.69, 9.17) is 18.9 Å². The summed E-state index contributed by atoms with van der Waals surface area (Å²) in [6, 6.07) is 0. The minimum Gasteiger partial charge on any atom is -0.462 e. The summed E-state index contributed by atoms with van der Waals surface area (Å²) in [7, 11) is 0. The number of carbonyl (C=O) groups is 4. The quantitative estimate of drug-likeness (QED) is 0.262. The molecule has 4 bridgehead atoms. The summed E-state index contributed by atoms with van der Waals surface area (Å²) in [5, 5.41) is 35.5. The van der Waals surface area contributed by atoms with Crippen molar-refractivity contribution in [3.05, 3.63) is 12.2 Å². The van der Waals surface area contributed by atoms with Crippen LogP contribution in [0.25, 0.3) is 0 Å². The molecule has 11 atom stereocenters. The summed E-state index contributed by atoms with van der Waals surface area (Å²) in [5.41, 5.74) is -6.83. The molecule has 1 saturated heterocycles. The summed E-state index contributed by atoms with van der Waals surface area (Å²) in [6.07, 6.45) is -7.28. The fourth-order valence-electron chi connectivity index (χ4n) is 7.66. The number of ketones is 1. The molecule has 1 aliphatic heterocycles. The van der Waals surface area contributed by atoms with Crippen molar-refractivity contribution in [1.82, 2.24) is 0 Å². The molecule has 0 amide bonds. The molecule has 4 fully saturated rings. The van der Waals surface area contributed by atoms with Gasteiger partial charge in [-0.15, -0.1) is 0 Å². The Balaban J connectivity index is 2.09. The standard InChI is InChI=1S/C26H36O11/c1-11-16(30)9-18(35-12(2)27)24(6)19(11)20(32)15-8-17(31)25(7)26(33,23(15,5)10-34-25)22(37-14(4)29)21(24)36-13(3)28/h15-16,18-22,30,32-33H,1,8-10H2,2-7H3/t15-,16-,18-,19-,20+,21-,22-,23-,24+,25+,26-/m0/s1. The lowest BCUT2D eigenvalue weighted by Crippen LogP contribution is -2.80. The fraction of sp³-hybridized carbons (Fsp3) is 0.769. The smallest absolute Gasteiger partial charge is 0.303 e. The Morgan fingerprint density at radius 2 is 1.51 bits per heavy atom. The number of aliphatic hydroxyl groups is 3. The van der Waals surface area contributed by atoms with Crippen LogP contribution in [-0.4, -0.2) is 87.3 Å². The van der Waals surface area contributed by atoms with Gasteiger partial charge in [0.15, 0.2) is 23.6 Å². The average molecular weight is 525 g/mol. The van der Waals surface area contributed by atoms with Crippen LogP contribution in [0, 0.1) is 22.7 Å². The highest BCUT2D eigenvalue weighted by molar-refractivity contribution is 5.91. The van der Waals surface area contributed by atoms with Crippen molar-refractivity contribution in [2.75, 3.05) is 6.61 Å². The highest BCUT2D eigenvalue weighted by atomic mass is 16.6. The monoisotopic (exact) mass is 524 g/mol. The van der Waals surface area contributed by atoms with E-state index in [1.807, 2.05) is 0 Å². The van der Waals surface area contributed by atoms with Gasteiger partial charge in [-0.1, -0.05) is 20.4 Å². The zero-order chi connectivity index (χ0) is 27.9. The number of hydrogen-bond donors (Lipinski definition) is 3. The molecule has 0 aromatic rings. The maximum absolute atomic E-state index is 13.5. The molecule has 206 valence electrons. The molecular formula is C26H36O11. The molecule has 0 spiro atoms. The predicted octanol–water partition coefficient (Wildman–Crippen LogP) is 0.215. The molecule has 3 N–H and O–H groups in total. The second-order valence-electron chi connectivity index (χ2n) is 11.6. The van der Waals surface area contributed by atoms with Gasteiger partial charge in [-0.2, -0.15) is 0 Å². The van der Waals surface area contributed by atoms with E-state index in [0.717, 1.165) is 13.8 Å². The maximum Gasteiger partial charge on any atom is 0.303 e. The summed E-state index contributed by atoms with van der Waals surface area (Å²) in [5.74, 6) is -4.86. The zero-order valence-electron chi connectivity index (χ0n) is 22.0. The zero-order valence-corrected chi connectivity index (χ0v) is 22.0. The molecule has 4 aliphatic rings. The Labute approximate surface area is 215 Å². The van der Waals surface area contributed by atoms with Crippen LogP contribution in [0.4, 0.5) is 0 Å². The highest BCUT2D eigenvalue weighted by Crippen LogP contribution is 2.66. The van der Waals surface area contributed by atoms with E-state index in [-0.39, 0.29) is 25.0 Å². The SMILES string of the molecule is C=C1[C@@H](O)C[C@H](OC(C)=O)[C@@]2(C)[C@@H](OC(C)=O)[C@H](OC(C)=O)[C@]3(O)[C@@]4(C)CO[C@]3(C)C(=O)C[C@H]4[C@@H](O)[C@H]12. The summed E-state index contributed by atoms with van der Waals surface area (Å²) >= 11 is 0. The topological polar surface area (TPSA) is 166 Å². The molecule has 1 heterocycles. The Kier molecular flexibility index (Phi) is 6.43. The number of rotatable bonds is 3. The first-order valence-electron chi connectivity index (χ1n) is 12.4. The van der Waals surface area contributed by atoms with Gasteiger partial charge in [0.2, 0.25) is 0 Å². The Hall–Kier alpha value is -2.34. The van der Waals surface area contributed by atoms with E-state index < -0.39 is 88.1 Å². The minimum atomic E-state index is -2.25. The van der Waals surface area contributed by atoms with Gasteiger partial charge in [-0.3, -0.25) is 19.2 Å². The first kappa shape index (κ1) is 27.7. The van der Waals surface area contributed by atoms with Crippen LogP contribution in [0.3, 0.4) is 0 Å². The molecule has 37 heavy (non-hydrogen) atoms. The van der Waals surface area contributed by atoms with E-state index in [1.165, 1.54) is 13.8 Å². The molecule has 0 unspecified atom stereocenters. The number of Topliss-reactive ketones (excluding diaryl/α,β-unsaturated/α-hetero) is 1. The van der Waals surface area contributed by atoms with Crippen molar-refractivity contribution in [2.24, 2.45) is 22.7 Å². The third-order valence-electron chi connectivity index (χ3n) is 9.59. The van der Waals surface area contributed by atoms with Crippen LogP contribution < -0.4 is 0 Å². The van der Waals surface area contributed by atoms with Crippen LogP contribution in [-0.2, 0) is 38.1 Å². The maximum atomic E-state index is 13.5. The third kappa shape index (κ3) is 3.47. The molecular weight excluding hydrogens is 488 g/mol. The predicted molar refractivity (Wildman–Crippen MR) is 125 cm³/mol. The lowest BCUT2D eigenvalue weighted by molar-refractivity contribution is -0.294. The van der Waals surface area contributed by atoms with Crippen molar-refractivity contribution in [2.45, 2.75) is 96.1 Å². The van der Waals surface area contributed by atoms with Gasteiger partial charge in [-0.25, -0.2) is 0 Å². The van der Waals surface area contributed by atoms with Crippen LogP contribution in [0.2, 0.25) is 0 Å². The molecule has 3 aliphatic carbocycles. The van der Waals surface area contributed by atoms with Gasteiger partial charge < -0.3 is 34.3 Å². The van der Waals surface area contributed by atoms with Gasteiger partial charge in [0.05, 0.1) is 24.2 Å². The molecule has 4 rings (SSSR count). The molecule has 11 heteroatoms. The number of aliphatic hydroxyl groups excluding tert-OH is 2. The van der Waals surface area contributed by atoms with Crippen molar-refractivity contribution >= 4 is 23.7 Å². The van der Waals surface area contributed by atoms with Crippen molar-refractivity contribution in [3.8, 4) is 0 Å². The van der Waals surface area contributed by atoms with Gasteiger partial charge in [0.25, 0.3) is 0 Å². The van der Waals surface area contributed by atoms with Gasteiger partial charge in [0, 0.05) is 50.9 Å². The van der Waals surface area contributed by atoms with Crippen molar-refractivity contribution in [1.29, 1.82) is 0 Å². The highest BCUT2D eigenvalue weighted by Gasteiger charge is 2.82. The van der Waals surface area contributed by atoms with Gasteiger partial charge in [0.1, 0.15) is 11.7 Å². The van der Waals surface area contributed by atoms with Crippen molar-refractivity contribution < 1.29 is 53.4 Å². The van der Waals surface area contributed by atoms with Crippen LogP contribution in [0.5, 0.6) is 0 Å². The molecule has 0 aromatic heterocycles. The lowest BCUT2D eigenvalue weighted by Gasteiger charge is -2.64. The third-order valence-corrected chi connectivity index (χ3v) is 9.59. The number of hydrogen-bond acceptors (Lipinski definition) is 11. The van der Waals surface area contributed by atoms with Gasteiger partial charge >= 0.3 is 17.9 Å². The fourth-order valence-corrected chi connectivity index (χ4v) is 7.66. The Morgan fingerprint density at radius 1 is 0.973 bits per heavy atom. The normalized spacial score (nSPS) is 48.8. The molecule has 0 aromatic carbocycles. The first-order valence-corrected chi connectivity index (χ1v) is 12.4. The van der Waals surface area contributed by atoms with Crippen molar-refractivity contribution in [3.63, 3.8) is 0 Å². The number of carbonyl (C=O) groups excluding carboxylic acids is 4. The Bertz CT molecular complexity index is 1060. The first-order chi connectivity index (χ1) is 17.0. The second-order valence-corrected chi connectivity index (χ2v) is 11.6. The number of fused-ring (bicyclic) bond motifs is 1. The largest absolute Gasteiger partial charge is 0.462 e. The van der Waals surface area contributed by atoms with E-state index in [9.17, 15) is 34.5 Å². The Morgan fingerprint density at radius 3 is 2.05 bits per heavy atom. The van der Waals surface area contributed by atoms with Crippen LogP contribution in [0.15, 0.2) is 12.2 Å². The summed E-state index contributed by atoms with van der Waals surface area (Å²) in [4.78, 5) is 50.7. The lowest BCUT2D eigenvalue weighted by atomic mass is 9.44. The molecule has 3 saturated carbocycles. The average Bonchev–Trinajstić information content (AvgIpc) is 2.92. The van der Waals surface area contributed by atoms with E-state index >= 15 is 0 Å². The summed E-state index contributed by atoms with van der Waals surface area (Å²) < 4.78 is 23.1. The van der Waals surface area contributed by atoms with Gasteiger partial charge in [-0.05, 0) is 12.5 Å². The number of ether oxygens (including phenoxy) is 4. The van der Waals surface area contributed by atoms with E-state index in [1.54, 1.807) is 13.8 Å². The number of esters is 3. The minimum absolute atomic E-state index is 0.143.